The van der Waals surface area contributed by atoms with E-state index in [1.165, 1.54) is 18.9 Å². The molecule has 6 heteroatoms. The minimum absolute atomic E-state index is 0.349. The Morgan fingerprint density at radius 3 is 2.61 bits per heavy atom. The molecule has 0 spiro atoms. The van der Waals surface area contributed by atoms with Crippen LogP contribution in [0.15, 0.2) is 24.3 Å². The van der Waals surface area contributed by atoms with E-state index in [0.717, 1.165) is 0 Å². The van der Waals surface area contributed by atoms with E-state index in [0.29, 0.717) is 11.3 Å². The standard InChI is InChI=1S/C12H12ClN3O2/c1-8(13)11(17)15-12(18)16(2)10-6-4-3-5-9(10)7-14/h3-6,8H,1-2H3,(H,15,17,18). The Morgan fingerprint density at radius 2 is 2.06 bits per heavy atom. The third-order valence-corrected chi connectivity index (χ3v) is 2.48. The van der Waals surface area contributed by atoms with Crippen LogP contribution in [0.25, 0.3) is 0 Å². The molecule has 0 aliphatic carbocycles. The van der Waals surface area contributed by atoms with Crippen LogP contribution in [-0.4, -0.2) is 24.4 Å². The summed E-state index contributed by atoms with van der Waals surface area (Å²) in [5, 5.41) is 10.3. The molecule has 0 saturated heterocycles. The van der Waals surface area contributed by atoms with Crippen LogP contribution < -0.4 is 10.2 Å². The van der Waals surface area contributed by atoms with Crippen LogP contribution in [0.2, 0.25) is 0 Å². The van der Waals surface area contributed by atoms with Gasteiger partial charge in [-0.1, -0.05) is 12.1 Å². The van der Waals surface area contributed by atoms with E-state index in [1.54, 1.807) is 24.3 Å². The Bertz CT molecular complexity index is 508. The van der Waals surface area contributed by atoms with Crippen molar-refractivity contribution in [2.75, 3.05) is 11.9 Å². The molecular weight excluding hydrogens is 254 g/mol. The predicted octanol–water partition coefficient (Wildman–Crippen LogP) is 1.86. The zero-order valence-corrected chi connectivity index (χ0v) is 10.7. The first kappa shape index (κ1) is 14.0. The number of rotatable bonds is 2. The summed E-state index contributed by atoms with van der Waals surface area (Å²) in [6.07, 6.45) is 0. The van der Waals surface area contributed by atoms with Crippen molar-refractivity contribution in [2.45, 2.75) is 12.3 Å². The normalized spacial score (nSPS) is 11.2. The van der Waals surface area contributed by atoms with Gasteiger partial charge in [-0.15, -0.1) is 11.6 Å². The lowest BCUT2D eigenvalue weighted by molar-refractivity contribution is -0.119. The number of nitriles is 1. The van der Waals surface area contributed by atoms with Crippen molar-refractivity contribution in [2.24, 2.45) is 0 Å². The van der Waals surface area contributed by atoms with E-state index in [2.05, 4.69) is 5.32 Å². The van der Waals surface area contributed by atoms with E-state index in [9.17, 15) is 9.59 Å². The maximum Gasteiger partial charge on any atom is 0.328 e. The maximum absolute atomic E-state index is 11.8. The second-order valence-electron chi connectivity index (χ2n) is 3.60. The van der Waals surface area contributed by atoms with Crippen LogP contribution in [-0.2, 0) is 4.79 Å². The number of imide groups is 1. The molecule has 1 atom stereocenters. The molecule has 0 heterocycles. The van der Waals surface area contributed by atoms with Gasteiger partial charge in [0.2, 0.25) is 5.91 Å². The number of amides is 3. The summed E-state index contributed by atoms with van der Waals surface area (Å²) in [6.45, 7) is 1.47. The molecule has 0 fully saturated rings. The Kier molecular flexibility index (Phi) is 4.69. The molecule has 1 aromatic rings. The number of nitrogens with zero attached hydrogens (tertiary/aromatic N) is 2. The fourth-order valence-corrected chi connectivity index (χ4v) is 1.31. The van der Waals surface area contributed by atoms with Gasteiger partial charge in [-0.25, -0.2) is 4.79 Å². The molecule has 18 heavy (non-hydrogen) atoms. The summed E-state index contributed by atoms with van der Waals surface area (Å²) in [5.41, 5.74) is 0.772. The second-order valence-corrected chi connectivity index (χ2v) is 4.25. The van der Waals surface area contributed by atoms with Crippen molar-refractivity contribution < 1.29 is 9.59 Å². The van der Waals surface area contributed by atoms with Crippen molar-refractivity contribution in [3.63, 3.8) is 0 Å². The van der Waals surface area contributed by atoms with Crippen molar-refractivity contribution in [1.82, 2.24) is 5.32 Å². The van der Waals surface area contributed by atoms with Crippen LogP contribution in [0.4, 0.5) is 10.5 Å². The van der Waals surface area contributed by atoms with Crippen LogP contribution in [0.1, 0.15) is 12.5 Å². The SMILES string of the molecule is CC(Cl)C(=O)NC(=O)N(C)c1ccccc1C#N. The lowest BCUT2D eigenvalue weighted by Gasteiger charge is -2.18. The molecule has 0 radical (unpaired) electrons. The molecule has 0 saturated carbocycles. The van der Waals surface area contributed by atoms with E-state index in [4.69, 9.17) is 16.9 Å². The molecule has 1 N–H and O–H groups in total. The predicted molar refractivity (Wildman–Crippen MR) is 68.4 cm³/mol. The molecule has 0 aliphatic heterocycles. The summed E-state index contributed by atoms with van der Waals surface area (Å²) in [7, 11) is 1.47. The summed E-state index contributed by atoms with van der Waals surface area (Å²) in [6, 6.07) is 7.95. The Balaban J connectivity index is 2.88. The largest absolute Gasteiger partial charge is 0.328 e. The fraction of sp³-hybridized carbons (Fsp3) is 0.250. The highest BCUT2D eigenvalue weighted by Gasteiger charge is 2.18. The highest BCUT2D eigenvalue weighted by molar-refractivity contribution is 6.31. The molecule has 0 aliphatic rings. The van der Waals surface area contributed by atoms with Crippen LogP contribution in [0.5, 0.6) is 0 Å². The monoisotopic (exact) mass is 265 g/mol. The van der Waals surface area contributed by atoms with Crippen molar-refractivity contribution >= 4 is 29.2 Å². The summed E-state index contributed by atoms with van der Waals surface area (Å²) < 4.78 is 0. The number of benzene rings is 1. The number of alkyl halides is 1. The number of hydrogen-bond donors (Lipinski definition) is 1. The Morgan fingerprint density at radius 1 is 1.44 bits per heavy atom. The van der Waals surface area contributed by atoms with Crippen LogP contribution >= 0.6 is 11.6 Å². The van der Waals surface area contributed by atoms with Gasteiger partial charge in [0.1, 0.15) is 11.4 Å². The van der Waals surface area contributed by atoms with E-state index >= 15 is 0 Å². The molecule has 1 rings (SSSR count). The molecule has 1 aromatic carbocycles. The molecule has 3 amide bonds. The van der Waals surface area contributed by atoms with Crippen LogP contribution in [0, 0.1) is 11.3 Å². The van der Waals surface area contributed by atoms with Gasteiger partial charge in [-0.05, 0) is 19.1 Å². The third kappa shape index (κ3) is 3.22. The lowest BCUT2D eigenvalue weighted by atomic mass is 10.2. The number of carbonyl (C=O) groups is 2. The second kappa shape index (κ2) is 6.03. The first-order valence-corrected chi connectivity index (χ1v) is 5.62. The van der Waals surface area contributed by atoms with Crippen LogP contribution in [0.3, 0.4) is 0 Å². The summed E-state index contributed by atoms with van der Waals surface area (Å²) >= 11 is 5.55. The Hall–Kier alpha value is -2.06. The van der Waals surface area contributed by atoms with Gasteiger partial charge in [-0.3, -0.25) is 15.0 Å². The van der Waals surface area contributed by atoms with Gasteiger partial charge in [-0.2, -0.15) is 5.26 Å². The van der Waals surface area contributed by atoms with E-state index in [1.807, 2.05) is 6.07 Å². The van der Waals surface area contributed by atoms with Gasteiger partial charge in [0, 0.05) is 7.05 Å². The molecule has 5 nitrogen and oxygen atoms in total. The van der Waals surface area contributed by atoms with Crippen molar-refractivity contribution in [1.29, 1.82) is 5.26 Å². The Labute approximate surface area is 110 Å². The highest BCUT2D eigenvalue weighted by Crippen LogP contribution is 2.17. The maximum atomic E-state index is 11.8. The summed E-state index contributed by atoms with van der Waals surface area (Å²) in [4.78, 5) is 24.2. The minimum atomic E-state index is -0.798. The third-order valence-electron chi connectivity index (χ3n) is 2.28. The van der Waals surface area contributed by atoms with Gasteiger partial charge in [0.25, 0.3) is 0 Å². The number of hydrogen-bond acceptors (Lipinski definition) is 3. The highest BCUT2D eigenvalue weighted by atomic mass is 35.5. The van der Waals surface area contributed by atoms with E-state index < -0.39 is 17.3 Å². The zero-order valence-electron chi connectivity index (χ0n) is 9.98. The summed E-state index contributed by atoms with van der Waals surface area (Å²) in [5.74, 6) is -0.581. The van der Waals surface area contributed by atoms with Gasteiger partial charge >= 0.3 is 6.03 Å². The number of halogens is 1. The molecule has 0 aromatic heterocycles. The lowest BCUT2D eigenvalue weighted by Crippen LogP contribution is -2.43. The zero-order chi connectivity index (χ0) is 13.7. The first-order valence-electron chi connectivity index (χ1n) is 5.19. The number of para-hydroxylation sites is 1. The average molecular weight is 266 g/mol. The molecule has 1 unspecified atom stereocenters. The minimum Gasteiger partial charge on any atom is -0.296 e. The fourth-order valence-electron chi connectivity index (χ4n) is 1.26. The topological polar surface area (TPSA) is 73.2 Å². The quantitative estimate of drug-likeness (QED) is 0.830. The van der Waals surface area contributed by atoms with Crippen molar-refractivity contribution in [3.05, 3.63) is 29.8 Å². The van der Waals surface area contributed by atoms with Gasteiger partial charge in [0.05, 0.1) is 11.3 Å². The van der Waals surface area contributed by atoms with Gasteiger partial charge < -0.3 is 0 Å². The first-order chi connectivity index (χ1) is 8.47. The van der Waals surface area contributed by atoms with E-state index in [-0.39, 0.29) is 0 Å². The smallest absolute Gasteiger partial charge is 0.296 e. The average Bonchev–Trinajstić information content (AvgIpc) is 2.37. The van der Waals surface area contributed by atoms with Crippen molar-refractivity contribution in [3.8, 4) is 6.07 Å². The molecule has 94 valence electrons. The number of nitrogens with one attached hydrogen (secondary N) is 1. The number of carbonyl (C=O) groups excluding carboxylic acids is 2. The molecular formula is C12H12ClN3O2. The number of anilines is 1. The van der Waals surface area contributed by atoms with Gasteiger partial charge in [0.15, 0.2) is 0 Å². The number of urea groups is 1. The molecule has 0 bridgehead atoms.